The predicted octanol–water partition coefficient (Wildman–Crippen LogP) is 2.64. The number of rotatable bonds is 3. The van der Waals surface area contributed by atoms with Gasteiger partial charge >= 0.3 is 0 Å². The van der Waals surface area contributed by atoms with Crippen LogP contribution in [0.3, 0.4) is 0 Å². The Hall–Kier alpha value is -0.800. The lowest BCUT2D eigenvalue weighted by Crippen LogP contribution is -2.45. The summed E-state index contributed by atoms with van der Waals surface area (Å²) in [6.45, 7) is 9.56. The highest BCUT2D eigenvalue weighted by molar-refractivity contribution is 5.20. The second kappa shape index (κ2) is 6.10. The summed E-state index contributed by atoms with van der Waals surface area (Å²) in [5.41, 5.74) is 2.36. The van der Waals surface area contributed by atoms with Gasteiger partial charge in [0.05, 0.1) is 0 Å². The van der Waals surface area contributed by atoms with Crippen LogP contribution in [-0.2, 0) is 0 Å². The Morgan fingerprint density at radius 2 is 2.21 bits per heavy atom. The molecule has 0 saturated carbocycles. The van der Waals surface area contributed by atoms with E-state index in [9.17, 15) is 5.11 Å². The van der Waals surface area contributed by atoms with Gasteiger partial charge in [-0.05, 0) is 45.1 Å². The standard InChI is InChI=1S/C16H28N2O/c1-5-7-13-9-14-10-17-11(3)15(8-6-2)16(19)18(14)12(13)4/h5,7,12-14,16-17,19H,6,8-10H2,1-4H3/b7-5-/t12?,13-,14-,16?/m0/s1. The van der Waals surface area contributed by atoms with Crippen molar-refractivity contribution in [3.63, 3.8) is 0 Å². The van der Waals surface area contributed by atoms with E-state index in [2.05, 4.69) is 50.1 Å². The van der Waals surface area contributed by atoms with Gasteiger partial charge in [0.1, 0.15) is 6.23 Å². The molecule has 0 radical (unpaired) electrons. The van der Waals surface area contributed by atoms with E-state index in [0.717, 1.165) is 25.8 Å². The van der Waals surface area contributed by atoms with Crippen molar-refractivity contribution >= 4 is 0 Å². The van der Waals surface area contributed by atoms with Gasteiger partial charge < -0.3 is 10.4 Å². The van der Waals surface area contributed by atoms with Gasteiger partial charge in [-0.1, -0.05) is 25.5 Å². The summed E-state index contributed by atoms with van der Waals surface area (Å²) in [7, 11) is 0. The lowest BCUT2D eigenvalue weighted by Gasteiger charge is -2.32. The molecule has 0 bridgehead atoms. The molecule has 3 heteroatoms. The number of aliphatic hydroxyl groups is 1. The molecule has 3 nitrogen and oxygen atoms in total. The van der Waals surface area contributed by atoms with Gasteiger partial charge in [0.25, 0.3) is 0 Å². The minimum Gasteiger partial charge on any atom is -0.387 e. The molecule has 2 aliphatic heterocycles. The van der Waals surface area contributed by atoms with Gasteiger partial charge in [0.2, 0.25) is 0 Å². The molecule has 0 aromatic heterocycles. The van der Waals surface area contributed by atoms with E-state index in [1.54, 1.807) is 0 Å². The topological polar surface area (TPSA) is 35.5 Å². The Morgan fingerprint density at radius 3 is 2.84 bits per heavy atom. The fourth-order valence-electron chi connectivity index (χ4n) is 3.63. The molecule has 4 atom stereocenters. The van der Waals surface area contributed by atoms with Crippen molar-refractivity contribution in [1.29, 1.82) is 0 Å². The minimum atomic E-state index is -0.412. The van der Waals surface area contributed by atoms with Crippen LogP contribution in [0.1, 0.15) is 47.0 Å². The van der Waals surface area contributed by atoms with Crippen molar-refractivity contribution in [3.8, 4) is 0 Å². The molecule has 0 aliphatic carbocycles. The van der Waals surface area contributed by atoms with Gasteiger partial charge in [-0.2, -0.15) is 0 Å². The third kappa shape index (κ3) is 2.72. The van der Waals surface area contributed by atoms with Crippen LogP contribution in [0.2, 0.25) is 0 Å². The molecule has 1 saturated heterocycles. The fraction of sp³-hybridized carbons (Fsp3) is 0.750. The quantitative estimate of drug-likeness (QED) is 0.769. The number of nitrogens with zero attached hydrogens (tertiary/aromatic N) is 1. The second-order valence-electron chi connectivity index (χ2n) is 5.92. The monoisotopic (exact) mass is 264 g/mol. The molecule has 1 fully saturated rings. The summed E-state index contributed by atoms with van der Waals surface area (Å²) in [5.74, 6) is 0.563. The number of aliphatic hydroxyl groups excluding tert-OH is 1. The van der Waals surface area contributed by atoms with Gasteiger partial charge in [-0.3, -0.25) is 4.90 Å². The lowest BCUT2D eigenvalue weighted by atomic mass is 9.99. The molecule has 0 amide bonds. The first kappa shape index (κ1) is 14.6. The van der Waals surface area contributed by atoms with Crippen LogP contribution in [0.25, 0.3) is 0 Å². The van der Waals surface area contributed by atoms with Crippen LogP contribution in [0, 0.1) is 5.92 Å². The normalized spacial score (nSPS) is 36.5. The maximum Gasteiger partial charge on any atom is 0.132 e. The van der Waals surface area contributed by atoms with Crippen molar-refractivity contribution < 1.29 is 5.11 Å². The minimum absolute atomic E-state index is 0.412. The first-order valence-corrected chi connectivity index (χ1v) is 7.62. The summed E-state index contributed by atoms with van der Waals surface area (Å²) in [6, 6.07) is 0.853. The maximum absolute atomic E-state index is 10.8. The maximum atomic E-state index is 10.8. The average molecular weight is 264 g/mol. The van der Waals surface area contributed by atoms with Crippen LogP contribution in [0.4, 0.5) is 0 Å². The average Bonchev–Trinajstić information content (AvgIpc) is 2.64. The highest BCUT2D eigenvalue weighted by Gasteiger charge is 2.42. The SMILES string of the molecule is C/C=C\[C@H]1C[C@H]2CNC(C)=C(CCC)C(O)N2C1C. The van der Waals surface area contributed by atoms with Crippen molar-refractivity contribution in [1.82, 2.24) is 10.2 Å². The zero-order valence-electron chi connectivity index (χ0n) is 12.7. The fourth-order valence-corrected chi connectivity index (χ4v) is 3.63. The molecule has 2 rings (SSSR count). The summed E-state index contributed by atoms with van der Waals surface area (Å²) >= 11 is 0. The molecule has 19 heavy (non-hydrogen) atoms. The Balaban J connectivity index is 2.24. The van der Waals surface area contributed by atoms with E-state index < -0.39 is 6.23 Å². The molecule has 108 valence electrons. The Bertz CT molecular complexity index is 375. The van der Waals surface area contributed by atoms with Gasteiger partial charge in [0.15, 0.2) is 0 Å². The first-order chi connectivity index (χ1) is 9.10. The van der Waals surface area contributed by atoms with Crippen LogP contribution in [-0.4, -0.2) is 34.9 Å². The summed E-state index contributed by atoms with van der Waals surface area (Å²) in [4.78, 5) is 2.32. The molecule has 0 aromatic rings. The van der Waals surface area contributed by atoms with E-state index in [1.807, 2.05) is 0 Å². The molecular formula is C16H28N2O. The number of fused-ring (bicyclic) bond motifs is 1. The van der Waals surface area contributed by atoms with E-state index in [-0.39, 0.29) is 0 Å². The van der Waals surface area contributed by atoms with E-state index in [0.29, 0.717) is 18.0 Å². The Morgan fingerprint density at radius 1 is 1.47 bits per heavy atom. The lowest BCUT2D eigenvalue weighted by molar-refractivity contribution is 0.0000709. The molecule has 0 aromatic carbocycles. The van der Waals surface area contributed by atoms with E-state index in [4.69, 9.17) is 0 Å². The first-order valence-electron chi connectivity index (χ1n) is 7.62. The smallest absolute Gasteiger partial charge is 0.132 e. The summed E-state index contributed by atoms with van der Waals surface area (Å²) < 4.78 is 0. The zero-order valence-corrected chi connectivity index (χ0v) is 12.7. The van der Waals surface area contributed by atoms with E-state index in [1.165, 1.54) is 11.3 Å². The third-order valence-electron chi connectivity index (χ3n) is 4.69. The number of nitrogens with one attached hydrogen (secondary N) is 1. The highest BCUT2D eigenvalue weighted by Crippen LogP contribution is 2.36. The van der Waals surface area contributed by atoms with Gasteiger partial charge in [-0.15, -0.1) is 0 Å². The number of allylic oxidation sites excluding steroid dienone is 2. The summed E-state index contributed by atoms with van der Waals surface area (Å²) in [5, 5.41) is 14.3. The predicted molar refractivity (Wildman–Crippen MR) is 79.6 cm³/mol. The molecule has 2 unspecified atom stereocenters. The molecule has 2 heterocycles. The highest BCUT2D eigenvalue weighted by atomic mass is 16.3. The van der Waals surface area contributed by atoms with Crippen molar-refractivity contribution in [2.75, 3.05) is 6.54 Å². The van der Waals surface area contributed by atoms with Crippen molar-refractivity contribution in [2.24, 2.45) is 5.92 Å². The van der Waals surface area contributed by atoms with Crippen LogP contribution in [0.15, 0.2) is 23.4 Å². The number of hydrogen-bond donors (Lipinski definition) is 2. The van der Waals surface area contributed by atoms with E-state index >= 15 is 0 Å². The third-order valence-corrected chi connectivity index (χ3v) is 4.69. The van der Waals surface area contributed by atoms with Crippen LogP contribution < -0.4 is 5.32 Å². The second-order valence-corrected chi connectivity index (χ2v) is 5.92. The largest absolute Gasteiger partial charge is 0.387 e. The molecule has 2 N–H and O–H groups in total. The van der Waals surface area contributed by atoms with Crippen LogP contribution >= 0.6 is 0 Å². The van der Waals surface area contributed by atoms with Gasteiger partial charge in [-0.25, -0.2) is 0 Å². The zero-order chi connectivity index (χ0) is 14.0. The molecular weight excluding hydrogens is 236 g/mol. The van der Waals surface area contributed by atoms with Crippen LogP contribution in [0.5, 0.6) is 0 Å². The van der Waals surface area contributed by atoms with Crippen molar-refractivity contribution in [2.45, 2.75) is 65.3 Å². The molecule has 0 spiro atoms. The Kier molecular flexibility index (Phi) is 4.69. The Labute approximate surface area is 117 Å². The van der Waals surface area contributed by atoms with Gasteiger partial charge in [0, 0.05) is 24.3 Å². The number of hydrogen-bond acceptors (Lipinski definition) is 3. The van der Waals surface area contributed by atoms with Crippen molar-refractivity contribution in [3.05, 3.63) is 23.4 Å². The molecule has 2 aliphatic rings. The summed E-state index contributed by atoms with van der Waals surface area (Å²) in [6.07, 6.45) is 7.22.